The van der Waals surface area contributed by atoms with E-state index in [9.17, 15) is 14.4 Å². The first kappa shape index (κ1) is 20.7. The topological polar surface area (TPSA) is 109 Å². The average Bonchev–Trinajstić information content (AvgIpc) is 3.17. The molecule has 0 spiro atoms. The molecular weight excluding hydrogens is 402 g/mol. The number of fused-ring (bicyclic) bond motifs is 2. The number of rotatable bonds is 5. The third-order valence-corrected chi connectivity index (χ3v) is 5.44. The second-order valence-electron chi connectivity index (χ2n) is 7.94. The monoisotopic (exact) mass is 427 g/mol. The van der Waals surface area contributed by atoms with Gasteiger partial charge < -0.3 is 19.4 Å². The standard InChI is InChI=1S/C21H25N5O5/c1-12(2)17(13-5-6-14-15(9-13)31-8-7-30-14)23-16(27)10-26-11-22-19-18(26)20(28)25(4)21(29)24(19)3/h5-6,9,11-12,17H,7-8,10H2,1-4H3,(H,23,27). The highest BCUT2D eigenvalue weighted by molar-refractivity contribution is 5.79. The molecule has 0 saturated heterocycles. The average molecular weight is 427 g/mol. The lowest BCUT2D eigenvalue weighted by Crippen LogP contribution is -2.38. The van der Waals surface area contributed by atoms with Gasteiger partial charge in [-0.2, -0.15) is 0 Å². The van der Waals surface area contributed by atoms with Crippen molar-refractivity contribution in [2.45, 2.75) is 26.4 Å². The summed E-state index contributed by atoms with van der Waals surface area (Å²) >= 11 is 0. The highest BCUT2D eigenvalue weighted by atomic mass is 16.6. The van der Waals surface area contributed by atoms with E-state index in [1.54, 1.807) is 0 Å². The van der Waals surface area contributed by atoms with E-state index in [-0.39, 0.29) is 35.6 Å². The number of nitrogens with one attached hydrogen (secondary N) is 1. The summed E-state index contributed by atoms with van der Waals surface area (Å²) in [7, 11) is 2.94. The number of carbonyl (C=O) groups excluding carboxylic acids is 1. The Morgan fingerprint density at radius 3 is 2.55 bits per heavy atom. The van der Waals surface area contributed by atoms with Crippen molar-refractivity contribution >= 4 is 17.1 Å². The molecule has 0 bridgehead atoms. The summed E-state index contributed by atoms with van der Waals surface area (Å²) in [6, 6.07) is 5.39. The predicted molar refractivity (Wildman–Crippen MR) is 113 cm³/mol. The van der Waals surface area contributed by atoms with Gasteiger partial charge >= 0.3 is 5.69 Å². The Morgan fingerprint density at radius 1 is 1.13 bits per heavy atom. The molecule has 0 saturated carbocycles. The zero-order chi connectivity index (χ0) is 22.3. The van der Waals surface area contributed by atoms with Gasteiger partial charge in [-0.3, -0.25) is 18.7 Å². The molecule has 0 radical (unpaired) electrons. The van der Waals surface area contributed by atoms with Crippen LogP contribution in [0.25, 0.3) is 11.2 Å². The minimum Gasteiger partial charge on any atom is -0.486 e. The van der Waals surface area contributed by atoms with Gasteiger partial charge in [-0.05, 0) is 23.6 Å². The summed E-state index contributed by atoms with van der Waals surface area (Å²) < 4.78 is 15.0. The van der Waals surface area contributed by atoms with Gasteiger partial charge in [-0.15, -0.1) is 0 Å². The number of aryl methyl sites for hydroxylation is 1. The zero-order valence-corrected chi connectivity index (χ0v) is 17.9. The van der Waals surface area contributed by atoms with E-state index >= 15 is 0 Å². The predicted octanol–water partition coefficient (Wildman–Crippen LogP) is 0.718. The molecule has 1 amide bonds. The van der Waals surface area contributed by atoms with Crippen molar-refractivity contribution in [1.82, 2.24) is 24.0 Å². The Hall–Kier alpha value is -3.56. The van der Waals surface area contributed by atoms with Gasteiger partial charge in [0, 0.05) is 14.1 Å². The third kappa shape index (κ3) is 3.69. The van der Waals surface area contributed by atoms with Gasteiger partial charge in [-0.1, -0.05) is 19.9 Å². The number of hydrogen-bond donors (Lipinski definition) is 1. The smallest absolute Gasteiger partial charge is 0.332 e. The van der Waals surface area contributed by atoms with Gasteiger partial charge in [0.25, 0.3) is 5.56 Å². The van der Waals surface area contributed by atoms with E-state index in [4.69, 9.17) is 9.47 Å². The molecule has 1 unspecified atom stereocenters. The molecule has 0 aliphatic carbocycles. The molecule has 10 nitrogen and oxygen atoms in total. The molecule has 31 heavy (non-hydrogen) atoms. The van der Waals surface area contributed by atoms with Crippen LogP contribution in [0.1, 0.15) is 25.5 Å². The second-order valence-corrected chi connectivity index (χ2v) is 7.94. The summed E-state index contributed by atoms with van der Waals surface area (Å²) in [5.74, 6) is 1.19. The molecule has 3 aromatic rings. The zero-order valence-electron chi connectivity index (χ0n) is 17.9. The number of carbonyl (C=O) groups is 1. The van der Waals surface area contributed by atoms with Crippen molar-refractivity contribution in [3.8, 4) is 11.5 Å². The molecule has 3 heterocycles. The number of hydrogen-bond acceptors (Lipinski definition) is 6. The van der Waals surface area contributed by atoms with Crippen LogP contribution in [0.4, 0.5) is 0 Å². The van der Waals surface area contributed by atoms with Crippen molar-refractivity contribution in [1.29, 1.82) is 0 Å². The fraction of sp³-hybridized carbons (Fsp3) is 0.429. The van der Waals surface area contributed by atoms with Crippen molar-refractivity contribution in [3.63, 3.8) is 0 Å². The first-order valence-electron chi connectivity index (χ1n) is 10.1. The number of nitrogens with zero attached hydrogens (tertiary/aromatic N) is 4. The molecule has 1 aliphatic heterocycles. The van der Waals surface area contributed by atoms with Gasteiger partial charge in [0.1, 0.15) is 19.8 Å². The largest absolute Gasteiger partial charge is 0.486 e. The van der Waals surface area contributed by atoms with Crippen LogP contribution >= 0.6 is 0 Å². The minimum atomic E-state index is -0.490. The van der Waals surface area contributed by atoms with E-state index in [2.05, 4.69) is 10.3 Å². The molecule has 1 atom stereocenters. The number of amides is 1. The Bertz CT molecular complexity index is 1270. The van der Waals surface area contributed by atoms with Crippen LogP contribution in [-0.2, 0) is 25.4 Å². The molecule has 0 fully saturated rings. The normalized spacial score (nSPS) is 14.1. The summed E-state index contributed by atoms with van der Waals surface area (Å²) in [6.45, 7) is 4.93. The fourth-order valence-electron chi connectivity index (χ4n) is 3.78. The Kier molecular flexibility index (Phi) is 5.30. The van der Waals surface area contributed by atoms with Crippen LogP contribution in [0, 0.1) is 5.92 Å². The quantitative estimate of drug-likeness (QED) is 0.643. The molecule has 164 valence electrons. The fourth-order valence-corrected chi connectivity index (χ4v) is 3.78. The summed E-state index contributed by atoms with van der Waals surface area (Å²) in [5.41, 5.74) is 0.399. The molecule has 1 aliphatic rings. The van der Waals surface area contributed by atoms with Crippen molar-refractivity contribution in [2.24, 2.45) is 20.0 Å². The van der Waals surface area contributed by atoms with E-state index in [1.807, 2.05) is 32.0 Å². The van der Waals surface area contributed by atoms with Gasteiger partial charge in [-0.25, -0.2) is 9.78 Å². The molecule has 1 aromatic carbocycles. The number of imidazole rings is 1. The van der Waals surface area contributed by atoms with Crippen molar-refractivity contribution < 1.29 is 14.3 Å². The second kappa shape index (κ2) is 7.93. The lowest BCUT2D eigenvalue weighted by molar-refractivity contribution is -0.122. The minimum absolute atomic E-state index is 0.0995. The van der Waals surface area contributed by atoms with Gasteiger partial charge in [0.15, 0.2) is 22.7 Å². The Morgan fingerprint density at radius 2 is 1.84 bits per heavy atom. The van der Waals surface area contributed by atoms with Gasteiger partial charge in [0.2, 0.25) is 5.91 Å². The van der Waals surface area contributed by atoms with Crippen LogP contribution < -0.4 is 26.0 Å². The molecule has 10 heteroatoms. The molecular formula is C21H25N5O5. The van der Waals surface area contributed by atoms with Gasteiger partial charge in [0.05, 0.1) is 12.4 Å². The first-order valence-corrected chi connectivity index (χ1v) is 10.1. The third-order valence-electron chi connectivity index (χ3n) is 5.44. The Labute approximate surface area is 178 Å². The van der Waals surface area contributed by atoms with Crippen LogP contribution in [-0.4, -0.2) is 37.8 Å². The first-order chi connectivity index (χ1) is 14.8. The number of ether oxygens (including phenoxy) is 2. The molecule has 1 N–H and O–H groups in total. The van der Waals surface area contributed by atoms with Crippen LogP contribution in [0.2, 0.25) is 0 Å². The maximum Gasteiger partial charge on any atom is 0.332 e. The maximum atomic E-state index is 12.9. The van der Waals surface area contributed by atoms with Crippen molar-refractivity contribution in [2.75, 3.05) is 13.2 Å². The highest BCUT2D eigenvalue weighted by Gasteiger charge is 2.23. The summed E-state index contributed by atoms with van der Waals surface area (Å²) in [4.78, 5) is 41.7. The summed E-state index contributed by atoms with van der Waals surface area (Å²) in [6.07, 6.45) is 1.40. The SMILES string of the molecule is CC(C)C(NC(=O)Cn1cnc2c1c(=O)n(C)c(=O)n2C)c1ccc2c(c1)OCCO2. The van der Waals surface area contributed by atoms with E-state index in [0.29, 0.717) is 24.7 Å². The molecule has 4 rings (SSSR count). The lowest BCUT2D eigenvalue weighted by Gasteiger charge is -2.25. The highest BCUT2D eigenvalue weighted by Crippen LogP contribution is 2.34. The van der Waals surface area contributed by atoms with Crippen LogP contribution in [0.15, 0.2) is 34.1 Å². The van der Waals surface area contributed by atoms with E-state index < -0.39 is 11.2 Å². The summed E-state index contributed by atoms with van der Waals surface area (Å²) in [5, 5.41) is 3.04. The van der Waals surface area contributed by atoms with Crippen molar-refractivity contribution in [3.05, 3.63) is 50.9 Å². The van der Waals surface area contributed by atoms with Crippen LogP contribution in [0.3, 0.4) is 0 Å². The number of aromatic nitrogens is 4. The Balaban J connectivity index is 1.60. The van der Waals surface area contributed by atoms with E-state index in [0.717, 1.165) is 10.1 Å². The maximum absolute atomic E-state index is 12.9. The van der Waals surface area contributed by atoms with Crippen LogP contribution in [0.5, 0.6) is 11.5 Å². The molecule has 2 aromatic heterocycles. The van der Waals surface area contributed by atoms with E-state index in [1.165, 1.54) is 29.6 Å². The number of benzene rings is 1. The lowest BCUT2D eigenvalue weighted by atomic mass is 9.95.